The molecule has 0 N–H and O–H groups in total. The molecule has 1 rings (SSSR count). The van der Waals surface area contributed by atoms with Crippen molar-refractivity contribution in [2.24, 2.45) is 7.05 Å². The highest BCUT2D eigenvalue weighted by Gasteiger charge is 1.91. The van der Waals surface area contributed by atoms with E-state index in [-0.39, 0.29) is 0 Å². The van der Waals surface area contributed by atoms with Crippen LogP contribution in [0.15, 0.2) is 6.07 Å². The molecule has 0 unspecified atom stereocenters. The van der Waals surface area contributed by atoms with Crippen molar-refractivity contribution >= 4 is 0 Å². The van der Waals surface area contributed by atoms with E-state index in [2.05, 4.69) is 17.6 Å². The molecule has 0 saturated heterocycles. The van der Waals surface area contributed by atoms with Crippen LogP contribution in [0, 0.1) is 19.9 Å². The molecule has 0 spiro atoms. The van der Waals surface area contributed by atoms with Gasteiger partial charge in [0.1, 0.15) is 0 Å². The lowest BCUT2D eigenvalue weighted by Gasteiger charge is -1.96. The molecule has 0 aliphatic heterocycles. The van der Waals surface area contributed by atoms with Crippen LogP contribution in [0.4, 0.5) is 0 Å². The van der Waals surface area contributed by atoms with Gasteiger partial charge in [-0.25, -0.2) is 0 Å². The number of aryl methyl sites for hydroxylation is 2. The Morgan fingerprint density at radius 2 is 2.12 bits per heavy atom. The van der Waals surface area contributed by atoms with Crippen LogP contribution in [0.5, 0.6) is 0 Å². The zero-order chi connectivity index (χ0) is 6.15. The second-order valence-corrected chi connectivity index (χ2v) is 2.07. The molecule has 1 heterocycles. The van der Waals surface area contributed by atoms with Crippen molar-refractivity contribution < 1.29 is 0 Å². The fourth-order valence-electron chi connectivity index (χ4n) is 0.667. The molecule has 0 saturated carbocycles. The van der Waals surface area contributed by atoms with Crippen LogP contribution in [-0.2, 0) is 7.05 Å². The molecule has 1 aromatic rings. The largest absolute Gasteiger partial charge is 0.352 e. The van der Waals surface area contributed by atoms with E-state index in [0.29, 0.717) is 0 Å². The SMILES string of the molecule is Cc1[c]cc(C)n1C. The zero-order valence-corrected chi connectivity index (χ0v) is 5.52. The molecule has 0 fully saturated rings. The van der Waals surface area contributed by atoms with Crippen molar-refractivity contribution in [2.75, 3.05) is 0 Å². The Morgan fingerprint density at radius 3 is 2.25 bits per heavy atom. The van der Waals surface area contributed by atoms with Crippen molar-refractivity contribution in [1.29, 1.82) is 0 Å². The molecular weight excluding hydrogens is 98.1 g/mol. The third-order valence-electron chi connectivity index (χ3n) is 1.52. The molecule has 0 atom stereocenters. The first-order chi connectivity index (χ1) is 3.72. The van der Waals surface area contributed by atoms with Crippen molar-refractivity contribution in [3.05, 3.63) is 23.5 Å². The summed E-state index contributed by atoms with van der Waals surface area (Å²) in [4.78, 5) is 0. The second kappa shape index (κ2) is 1.66. The van der Waals surface area contributed by atoms with E-state index in [1.807, 2.05) is 20.0 Å². The normalized spacial score (nSPS) is 9.88. The Labute approximate surface area is 49.9 Å². The Balaban J connectivity index is 3.19. The van der Waals surface area contributed by atoms with Crippen molar-refractivity contribution in [3.63, 3.8) is 0 Å². The summed E-state index contributed by atoms with van der Waals surface area (Å²) in [7, 11) is 2.04. The number of aromatic nitrogens is 1. The smallest absolute Gasteiger partial charge is 0.0222 e. The van der Waals surface area contributed by atoms with E-state index in [1.165, 1.54) is 11.4 Å². The molecule has 0 aliphatic rings. The van der Waals surface area contributed by atoms with Gasteiger partial charge >= 0.3 is 0 Å². The van der Waals surface area contributed by atoms with Gasteiger partial charge in [0, 0.05) is 24.5 Å². The zero-order valence-electron chi connectivity index (χ0n) is 5.52. The van der Waals surface area contributed by atoms with Gasteiger partial charge in [-0.05, 0) is 19.9 Å². The fraction of sp³-hybridized carbons (Fsp3) is 0.429. The summed E-state index contributed by atoms with van der Waals surface area (Å²) < 4.78 is 2.11. The standard InChI is InChI=1S/C7H10N/c1-6-4-5-7(2)8(6)3/h4H,1-3H3. The molecule has 0 aromatic carbocycles. The first kappa shape index (κ1) is 5.42. The second-order valence-electron chi connectivity index (χ2n) is 2.07. The summed E-state index contributed by atoms with van der Waals surface area (Å²) >= 11 is 0. The average Bonchev–Trinajstić information content (AvgIpc) is 1.98. The van der Waals surface area contributed by atoms with Crippen LogP contribution in [0.3, 0.4) is 0 Å². The maximum absolute atomic E-state index is 3.10. The van der Waals surface area contributed by atoms with E-state index in [9.17, 15) is 0 Å². The Morgan fingerprint density at radius 1 is 1.50 bits per heavy atom. The van der Waals surface area contributed by atoms with Gasteiger partial charge in [0.2, 0.25) is 0 Å². The molecule has 0 aliphatic carbocycles. The van der Waals surface area contributed by atoms with Gasteiger partial charge in [-0.2, -0.15) is 0 Å². The average molecular weight is 108 g/mol. The Bertz CT molecular complexity index is 167. The quantitative estimate of drug-likeness (QED) is 0.474. The number of hydrogen-bond acceptors (Lipinski definition) is 0. The van der Waals surface area contributed by atoms with E-state index in [1.54, 1.807) is 0 Å². The highest BCUT2D eigenvalue weighted by molar-refractivity contribution is 5.10. The predicted octanol–water partition coefficient (Wildman–Crippen LogP) is 1.44. The van der Waals surface area contributed by atoms with Crippen LogP contribution >= 0.6 is 0 Å². The fourth-order valence-corrected chi connectivity index (χ4v) is 0.667. The van der Waals surface area contributed by atoms with Crippen molar-refractivity contribution in [3.8, 4) is 0 Å². The minimum atomic E-state index is 1.20. The van der Waals surface area contributed by atoms with Gasteiger partial charge < -0.3 is 4.57 Å². The van der Waals surface area contributed by atoms with E-state index < -0.39 is 0 Å². The highest BCUT2D eigenvalue weighted by atomic mass is 14.9. The van der Waals surface area contributed by atoms with Crippen LogP contribution < -0.4 is 0 Å². The lowest BCUT2D eigenvalue weighted by molar-refractivity contribution is 0.843. The number of rotatable bonds is 0. The van der Waals surface area contributed by atoms with Gasteiger partial charge in [-0.1, -0.05) is 0 Å². The summed E-state index contributed by atoms with van der Waals surface area (Å²) in [5.74, 6) is 0. The van der Waals surface area contributed by atoms with Crippen LogP contribution in [-0.4, -0.2) is 4.57 Å². The third-order valence-corrected chi connectivity index (χ3v) is 1.52. The first-order valence-electron chi connectivity index (χ1n) is 2.72. The lowest BCUT2D eigenvalue weighted by Crippen LogP contribution is -1.91. The third kappa shape index (κ3) is 0.641. The van der Waals surface area contributed by atoms with Crippen LogP contribution in [0.1, 0.15) is 11.4 Å². The Hall–Kier alpha value is -0.720. The Kier molecular flexibility index (Phi) is 1.12. The van der Waals surface area contributed by atoms with Crippen LogP contribution in [0.25, 0.3) is 0 Å². The number of nitrogens with zero attached hydrogens (tertiary/aromatic N) is 1. The van der Waals surface area contributed by atoms with Gasteiger partial charge in [0.25, 0.3) is 0 Å². The molecule has 1 radical (unpaired) electrons. The molecule has 1 heteroatoms. The number of hydrogen-bond donors (Lipinski definition) is 0. The minimum absolute atomic E-state index is 1.20. The summed E-state index contributed by atoms with van der Waals surface area (Å²) in [5, 5.41) is 0. The molecule has 8 heavy (non-hydrogen) atoms. The van der Waals surface area contributed by atoms with E-state index in [4.69, 9.17) is 0 Å². The lowest BCUT2D eigenvalue weighted by atomic mass is 10.5. The van der Waals surface area contributed by atoms with E-state index in [0.717, 1.165) is 0 Å². The van der Waals surface area contributed by atoms with Crippen molar-refractivity contribution in [2.45, 2.75) is 13.8 Å². The van der Waals surface area contributed by atoms with E-state index >= 15 is 0 Å². The molecule has 0 amide bonds. The molecule has 1 aromatic heterocycles. The van der Waals surface area contributed by atoms with Gasteiger partial charge in [0.05, 0.1) is 0 Å². The molecule has 1 nitrogen and oxygen atoms in total. The summed E-state index contributed by atoms with van der Waals surface area (Å²) in [6, 6.07) is 5.09. The molecule has 43 valence electrons. The first-order valence-corrected chi connectivity index (χ1v) is 2.72. The summed E-state index contributed by atoms with van der Waals surface area (Å²) in [6.07, 6.45) is 0. The highest BCUT2D eigenvalue weighted by Crippen LogP contribution is 2.01. The van der Waals surface area contributed by atoms with Gasteiger partial charge in [-0.15, -0.1) is 0 Å². The van der Waals surface area contributed by atoms with Gasteiger partial charge in [-0.3, -0.25) is 0 Å². The van der Waals surface area contributed by atoms with Crippen molar-refractivity contribution in [1.82, 2.24) is 4.57 Å². The monoisotopic (exact) mass is 108 g/mol. The predicted molar refractivity (Wildman–Crippen MR) is 33.7 cm³/mol. The maximum Gasteiger partial charge on any atom is 0.0222 e. The summed E-state index contributed by atoms with van der Waals surface area (Å²) in [5.41, 5.74) is 2.46. The maximum atomic E-state index is 3.10. The molecular formula is C7H10N. The summed E-state index contributed by atoms with van der Waals surface area (Å²) in [6.45, 7) is 4.12. The topological polar surface area (TPSA) is 4.93 Å². The van der Waals surface area contributed by atoms with Gasteiger partial charge in [0.15, 0.2) is 0 Å². The molecule has 0 bridgehead atoms. The van der Waals surface area contributed by atoms with Crippen LogP contribution in [0.2, 0.25) is 0 Å². The minimum Gasteiger partial charge on any atom is -0.352 e.